The lowest BCUT2D eigenvalue weighted by Gasteiger charge is -2.24. The number of benzene rings is 1. The first kappa shape index (κ1) is 28.0. The molecule has 2 unspecified atom stereocenters. The molecule has 0 spiro atoms. The fourth-order valence-electron chi connectivity index (χ4n) is 2.83. The predicted octanol–water partition coefficient (Wildman–Crippen LogP) is -1.52. The molecule has 1 aliphatic rings. The highest BCUT2D eigenvalue weighted by Gasteiger charge is 2.53. The molecule has 14 nitrogen and oxygen atoms in total. The van der Waals surface area contributed by atoms with Crippen molar-refractivity contribution >= 4 is 35.7 Å². The molecule has 14 heteroatoms. The van der Waals surface area contributed by atoms with Crippen LogP contribution in [0.5, 0.6) is 0 Å². The SMILES string of the molecule is CCOC(=O)C1OC1C(=O)N(CC(N)=O)NC(=O)[C@H](C)NC(=O)[C@H](C)NC(=O)OCc1ccccc1. The Bertz CT molecular complexity index is 987. The number of epoxide rings is 1. The van der Waals surface area contributed by atoms with Crippen LogP contribution >= 0.6 is 0 Å². The quantitative estimate of drug-likeness (QED) is 0.156. The second-order valence-electron chi connectivity index (χ2n) is 7.75. The molecule has 1 heterocycles. The van der Waals surface area contributed by atoms with Gasteiger partial charge in [0.15, 0.2) is 12.2 Å². The average molecular weight is 508 g/mol. The Morgan fingerprint density at radius 1 is 0.972 bits per heavy atom. The van der Waals surface area contributed by atoms with Crippen molar-refractivity contribution in [2.24, 2.45) is 5.73 Å². The maximum atomic E-state index is 12.6. The number of hydrazine groups is 1. The number of hydrogen-bond donors (Lipinski definition) is 4. The topological polar surface area (TPSA) is 199 Å². The summed E-state index contributed by atoms with van der Waals surface area (Å²) in [7, 11) is 0. The van der Waals surface area contributed by atoms with Crippen LogP contribution in [0.1, 0.15) is 26.3 Å². The third kappa shape index (κ3) is 8.54. The first-order chi connectivity index (χ1) is 17.0. The smallest absolute Gasteiger partial charge is 0.408 e. The maximum absolute atomic E-state index is 12.6. The summed E-state index contributed by atoms with van der Waals surface area (Å²) in [5, 5.41) is 5.30. The minimum Gasteiger partial charge on any atom is -0.464 e. The molecular formula is C22H29N5O9. The molecule has 196 valence electrons. The van der Waals surface area contributed by atoms with Crippen LogP contribution in [0.25, 0.3) is 0 Å². The van der Waals surface area contributed by atoms with Gasteiger partial charge < -0.3 is 30.6 Å². The predicted molar refractivity (Wildman–Crippen MR) is 121 cm³/mol. The minimum absolute atomic E-state index is 0.00524. The van der Waals surface area contributed by atoms with Gasteiger partial charge in [-0.3, -0.25) is 24.6 Å². The van der Waals surface area contributed by atoms with Crippen molar-refractivity contribution in [3.63, 3.8) is 0 Å². The molecule has 1 aliphatic heterocycles. The van der Waals surface area contributed by atoms with Crippen LogP contribution in [0.3, 0.4) is 0 Å². The molecule has 5 N–H and O–H groups in total. The number of nitrogens with zero attached hydrogens (tertiary/aromatic N) is 1. The number of carbonyl (C=O) groups excluding carboxylic acids is 6. The number of nitrogens with one attached hydrogen (secondary N) is 3. The van der Waals surface area contributed by atoms with E-state index in [1.54, 1.807) is 31.2 Å². The summed E-state index contributed by atoms with van der Waals surface area (Å²) in [5.74, 6) is -4.18. The summed E-state index contributed by atoms with van der Waals surface area (Å²) in [5.41, 5.74) is 8.06. The Balaban J connectivity index is 1.85. The van der Waals surface area contributed by atoms with E-state index in [0.29, 0.717) is 5.01 Å². The van der Waals surface area contributed by atoms with Gasteiger partial charge in [-0.15, -0.1) is 0 Å². The van der Waals surface area contributed by atoms with Gasteiger partial charge in [-0.05, 0) is 26.3 Å². The van der Waals surface area contributed by atoms with Crippen LogP contribution in [0.2, 0.25) is 0 Å². The van der Waals surface area contributed by atoms with Gasteiger partial charge in [0.2, 0.25) is 11.8 Å². The first-order valence-electron chi connectivity index (χ1n) is 11.0. The van der Waals surface area contributed by atoms with Gasteiger partial charge in [0.25, 0.3) is 11.8 Å². The van der Waals surface area contributed by atoms with Gasteiger partial charge in [0, 0.05) is 0 Å². The number of rotatable bonds is 11. The Labute approximate surface area is 206 Å². The van der Waals surface area contributed by atoms with Crippen LogP contribution in [0, 0.1) is 0 Å². The highest BCUT2D eigenvalue weighted by molar-refractivity contribution is 5.96. The van der Waals surface area contributed by atoms with E-state index in [1.807, 2.05) is 6.07 Å². The van der Waals surface area contributed by atoms with Crippen molar-refractivity contribution in [1.29, 1.82) is 0 Å². The lowest BCUT2D eigenvalue weighted by molar-refractivity contribution is -0.146. The Kier molecular flexibility index (Phi) is 10.2. The number of esters is 1. The summed E-state index contributed by atoms with van der Waals surface area (Å²) in [4.78, 5) is 72.4. The number of nitrogens with two attached hydrogens (primary N) is 1. The number of alkyl carbamates (subject to hydrolysis) is 1. The van der Waals surface area contributed by atoms with E-state index in [1.165, 1.54) is 13.8 Å². The molecule has 36 heavy (non-hydrogen) atoms. The van der Waals surface area contributed by atoms with Gasteiger partial charge in [-0.2, -0.15) is 0 Å². The molecular weight excluding hydrogens is 478 g/mol. The third-order valence-corrected chi connectivity index (χ3v) is 4.77. The number of primary amides is 1. The number of carbonyl (C=O) groups is 6. The van der Waals surface area contributed by atoms with Crippen molar-refractivity contribution in [1.82, 2.24) is 21.1 Å². The molecule has 1 aromatic carbocycles. The summed E-state index contributed by atoms with van der Waals surface area (Å²) < 4.78 is 14.8. The van der Waals surface area contributed by atoms with Crippen molar-refractivity contribution in [3.8, 4) is 0 Å². The fourth-order valence-corrected chi connectivity index (χ4v) is 2.83. The summed E-state index contributed by atoms with van der Waals surface area (Å²) in [6, 6.07) is 6.67. The zero-order valence-electron chi connectivity index (χ0n) is 20.0. The highest BCUT2D eigenvalue weighted by atomic mass is 16.6. The van der Waals surface area contributed by atoms with Gasteiger partial charge in [-0.25, -0.2) is 14.6 Å². The monoisotopic (exact) mass is 507 g/mol. The molecule has 4 atom stereocenters. The minimum atomic E-state index is -1.25. The average Bonchev–Trinajstić information content (AvgIpc) is 3.63. The summed E-state index contributed by atoms with van der Waals surface area (Å²) in [6.07, 6.45) is -3.24. The van der Waals surface area contributed by atoms with Gasteiger partial charge in [0.05, 0.1) is 6.61 Å². The third-order valence-electron chi connectivity index (χ3n) is 4.77. The van der Waals surface area contributed by atoms with Crippen LogP contribution in [0.15, 0.2) is 30.3 Å². The van der Waals surface area contributed by atoms with E-state index in [4.69, 9.17) is 19.9 Å². The van der Waals surface area contributed by atoms with Crippen LogP contribution < -0.4 is 21.8 Å². The molecule has 1 saturated heterocycles. The van der Waals surface area contributed by atoms with Crippen molar-refractivity contribution in [2.45, 2.75) is 51.7 Å². The van der Waals surface area contributed by atoms with E-state index in [2.05, 4.69) is 16.1 Å². The molecule has 0 radical (unpaired) electrons. The maximum Gasteiger partial charge on any atom is 0.408 e. The zero-order chi connectivity index (χ0) is 26.8. The number of hydrogen-bond acceptors (Lipinski definition) is 9. The number of ether oxygens (including phenoxy) is 3. The zero-order valence-corrected chi connectivity index (χ0v) is 20.0. The fraction of sp³-hybridized carbons (Fsp3) is 0.455. The largest absolute Gasteiger partial charge is 0.464 e. The Hall–Kier alpha value is -4.20. The van der Waals surface area contributed by atoms with E-state index < -0.39 is 66.5 Å². The molecule has 1 fully saturated rings. The lowest BCUT2D eigenvalue weighted by Crippen LogP contribution is -2.57. The highest BCUT2D eigenvalue weighted by Crippen LogP contribution is 2.25. The van der Waals surface area contributed by atoms with E-state index in [0.717, 1.165) is 5.56 Å². The molecule has 0 saturated carbocycles. The van der Waals surface area contributed by atoms with Crippen molar-refractivity contribution in [2.75, 3.05) is 13.2 Å². The summed E-state index contributed by atoms with van der Waals surface area (Å²) in [6.45, 7) is 3.66. The first-order valence-corrected chi connectivity index (χ1v) is 11.0. The summed E-state index contributed by atoms with van der Waals surface area (Å²) >= 11 is 0. The standard InChI is InChI=1S/C22H29N5O9/c1-4-34-21(32)17-16(36-17)20(31)27(10-15(23)28)26-19(30)13(3)24-18(29)12(2)25-22(33)35-11-14-8-6-5-7-9-14/h5-9,12-13,16-17H,4,10-11H2,1-3H3,(H2,23,28)(H,24,29)(H,25,33)(H,26,30)/t12-,13-,16?,17?/m0/s1. The second kappa shape index (κ2) is 13.0. The van der Waals surface area contributed by atoms with Crippen LogP contribution in [-0.4, -0.2) is 78.1 Å². The normalized spacial score (nSPS) is 17.5. The van der Waals surface area contributed by atoms with Crippen molar-refractivity contribution in [3.05, 3.63) is 35.9 Å². The van der Waals surface area contributed by atoms with Crippen LogP contribution in [-0.2, 0) is 44.8 Å². The Morgan fingerprint density at radius 3 is 2.22 bits per heavy atom. The molecule has 2 rings (SSSR count). The van der Waals surface area contributed by atoms with Crippen LogP contribution in [0.4, 0.5) is 4.79 Å². The van der Waals surface area contributed by atoms with Gasteiger partial charge in [-0.1, -0.05) is 30.3 Å². The van der Waals surface area contributed by atoms with E-state index >= 15 is 0 Å². The Morgan fingerprint density at radius 2 is 1.61 bits per heavy atom. The van der Waals surface area contributed by atoms with Gasteiger partial charge in [0.1, 0.15) is 25.2 Å². The van der Waals surface area contributed by atoms with E-state index in [-0.39, 0.29) is 13.2 Å². The van der Waals surface area contributed by atoms with Gasteiger partial charge >= 0.3 is 12.1 Å². The molecule has 5 amide bonds. The molecule has 1 aromatic rings. The lowest BCUT2D eigenvalue weighted by atomic mass is 10.2. The van der Waals surface area contributed by atoms with E-state index in [9.17, 15) is 28.8 Å². The second-order valence-corrected chi connectivity index (χ2v) is 7.75. The number of amides is 5. The molecule has 0 aromatic heterocycles. The van der Waals surface area contributed by atoms with Crippen molar-refractivity contribution < 1.29 is 43.0 Å². The molecule has 0 bridgehead atoms. The molecule has 0 aliphatic carbocycles.